The highest BCUT2D eigenvalue weighted by Gasteiger charge is 2.52. The lowest BCUT2D eigenvalue weighted by atomic mass is 9.76. The molecule has 3 aromatic rings. The molecule has 4 N–H and O–H groups in total. The number of nitrogens with zero attached hydrogens (tertiary/aromatic N) is 2. The van der Waals surface area contributed by atoms with Gasteiger partial charge in [-0.3, -0.25) is 4.98 Å². The highest BCUT2D eigenvalue weighted by Crippen LogP contribution is 2.59. The first-order valence-corrected chi connectivity index (χ1v) is 16.0. The standard InChI is InChI=1S/C37H43N3O3/c1-21-16-24(9-13-30(21)37(2,3)43)25-10-15-32-33(19-25)40-36(39-32)27-11-14-31(38-20-27)26-8-12-28-29(18-26)35(28)23-6-4-22(5-7-23)17-34(41)42/h8-16,18-23,28-30,34-35,41-43H,4-7,17H2,1-3H3,(H,39,40). The van der Waals surface area contributed by atoms with Gasteiger partial charge >= 0.3 is 0 Å². The lowest BCUT2D eigenvalue weighted by molar-refractivity contribution is -0.0602. The van der Waals surface area contributed by atoms with E-state index in [1.54, 1.807) is 0 Å². The van der Waals surface area contributed by atoms with Gasteiger partial charge in [-0.2, -0.15) is 0 Å². The third-order valence-electron chi connectivity index (χ3n) is 10.5. The molecule has 4 aliphatic rings. The molecule has 7 rings (SSSR count). The van der Waals surface area contributed by atoms with Gasteiger partial charge in [-0.05, 0) is 116 Å². The molecule has 2 aromatic heterocycles. The molecule has 1 aromatic carbocycles. The Hall–Kier alpha value is -3.32. The SMILES string of the molecule is CC1C=C(c2ccc3nc(-c4ccc(C5=CC6C(C=C5)C6C5CCC(CC(O)O)CC5)nc4)[nH]c3c2)C=CC1C(C)(C)O. The van der Waals surface area contributed by atoms with E-state index in [2.05, 4.69) is 78.7 Å². The van der Waals surface area contributed by atoms with Gasteiger partial charge in [0.15, 0.2) is 6.29 Å². The van der Waals surface area contributed by atoms with Crippen molar-refractivity contribution in [2.24, 2.45) is 41.4 Å². The monoisotopic (exact) mass is 577 g/mol. The van der Waals surface area contributed by atoms with E-state index < -0.39 is 11.9 Å². The molecule has 6 heteroatoms. The summed E-state index contributed by atoms with van der Waals surface area (Å²) in [6, 6.07) is 10.5. The maximum Gasteiger partial charge on any atom is 0.151 e. The molecule has 0 aliphatic heterocycles. The van der Waals surface area contributed by atoms with Crippen molar-refractivity contribution in [1.29, 1.82) is 0 Å². The number of aromatic nitrogens is 3. The number of nitrogens with one attached hydrogen (secondary N) is 1. The van der Waals surface area contributed by atoms with Crippen molar-refractivity contribution in [1.82, 2.24) is 15.0 Å². The van der Waals surface area contributed by atoms with Gasteiger partial charge in [0.05, 0.1) is 22.3 Å². The van der Waals surface area contributed by atoms with Crippen LogP contribution in [0.4, 0.5) is 0 Å². The summed E-state index contributed by atoms with van der Waals surface area (Å²) < 4.78 is 0. The zero-order valence-corrected chi connectivity index (χ0v) is 25.3. The summed E-state index contributed by atoms with van der Waals surface area (Å²) in [5.41, 5.74) is 6.65. The number of hydrogen-bond donors (Lipinski definition) is 4. The number of allylic oxidation sites excluding steroid dienone is 7. The molecule has 5 unspecified atom stereocenters. The Morgan fingerprint density at radius 3 is 2.40 bits per heavy atom. The highest BCUT2D eigenvalue weighted by atomic mass is 16.5. The Labute approximate surface area is 254 Å². The van der Waals surface area contributed by atoms with Crippen LogP contribution in [0.1, 0.15) is 64.1 Å². The Bertz CT molecular complexity index is 1610. The summed E-state index contributed by atoms with van der Waals surface area (Å²) in [6.07, 6.45) is 19.5. The van der Waals surface area contributed by atoms with Gasteiger partial charge < -0.3 is 20.3 Å². The number of fused-ring (bicyclic) bond motifs is 2. The number of aromatic amines is 1. The fourth-order valence-corrected chi connectivity index (χ4v) is 8.17. The summed E-state index contributed by atoms with van der Waals surface area (Å²) in [6.45, 7) is 5.91. The van der Waals surface area contributed by atoms with Crippen LogP contribution in [0, 0.1) is 41.4 Å². The van der Waals surface area contributed by atoms with Crippen LogP contribution in [-0.2, 0) is 0 Å². The number of aliphatic hydroxyl groups is 3. The van der Waals surface area contributed by atoms with Crippen LogP contribution in [0.5, 0.6) is 0 Å². The van der Waals surface area contributed by atoms with E-state index in [1.165, 1.54) is 24.0 Å². The first-order valence-electron chi connectivity index (χ1n) is 16.0. The van der Waals surface area contributed by atoms with Crippen LogP contribution < -0.4 is 0 Å². The third-order valence-corrected chi connectivity index (χ3v) is 10.5. The minimum absolute atomic E-state index is 0.0978. The predicted molar refractivity (Wildman–Crippen MR) is 171 cm³/mol. The van der Waals surface area contributed by atoms with Crippen molar-refractivity contribution in [2.75, 3.05) is 0 Å². The van der Waals surface area contributed by atoms with Gasteiger partial charge in [-0.15, -0.1) is 0 Å². The Morgan fingerprint density at radius 2 is 1.70 bits per heavy atom. The van der Waals surface area contributed by atoms with Crippen molar-refractivity contribution < 1.29 is 15.3 Å². The smallest absolute Gasteiger partial charge is 0.151 e. The first-order chi connectivity index (χ1) is 20.6. The van der Waals surface area contributed by atoms with Crippen molar-refractivity contribution in [3.63, 3.8) is 0 Å². The normalized spacial score (nSPS) is 30.3. The van der Waals surface area contributed by atoms with E-state index in [0.717, 1.165) is 58.4 Å². The lowest BCUT2D eigenvalue weighted by Gasteiger charge is -2.33. The highest BCUT2D eigenvalue weighted by molar-refractivity contribution is 5.86. The van der Waals surface area contributed by atoms with Crippen molar-refractivity contribution in [3.8, 4) is 11.4 Å². The second kappa shape index (κ2) is 11.0. The molecular formula is C37H43N3O3. The van der Waals surface area contributed by atoms with Crippen molar-refractivity contribution >= 4 is 22.2 Å². The van der Waals surface area contributed by atoms with Crippen LogP contribution >= 0.6 is 0 Å². The van der Waals surface area contributed by atoms with Crippen molar-refractivity contribution in [2.45, 2.75) is 64.8 Å². The Morgan fingerprint density at radius 1 is 0.930 bits per heavy atom. The van der Waals surface area contributed by atoms with E-state index in [4.69, 9.17) is 9.97 Å². The number of H-pyrrole nitrogens is 1. The second-order valence-electron chi connectivity index (χ2n) is 14.0. The quantitative estimate of drug-likeness (QED) is 0.228. The summed E-state index contributed by atoms with van der Waals surface area (Å²) in [4.78, 5) is 13.2. The molecule has 0 spiro atoms. The molecule has 0 saturated heterocycles. The zero-order chi connectivity index (χ0) is 29.9. The molecule has 6 nitrogen and oxygen atoms in total. The number of aliphatic hydroxyl groups excluding tert-OH is 1. The number of rotatable bonds is 7. The molecule has 4 aliphatic carbocycles. The van der Waals surface area contributed by atoms with E-state index in [9.17, 15) is 15.3 Å². The van der Waals surface area contributed by atoms with Gasteiger partial charge in [0, 0.05) is 24.1 Å². The maximum absolute atomic E-state index is 10.5. The van der Waals surface area contributed by atoms with E-state index in [0.29, 0.717) is 24.2 Å². The van der Waals surface area contributed by atoms with Gasteiger partial charge in [0.2, 0.25) is 0 Å². The van der Waals surface area contributed by atoms with Crippen LogP contribution in [-0.4, -0.2) is 42.2 Å². The van der Waals surface area contributed by atoms with Crippen LogP contribution in [0.3, 0.4) is 0 Å². The van der Waals surface area contributed by atoms with Gasteiger partial charge in [0.25, 0.3) is 0 Å². The Balaban J connectivity index is 1.02. The van der Waals surface area contributed by atoms with E-state index >= 15 is 0 Å². The number of benzene rings is 1. The van der Waals surface area contributed by atoms with E-state index in [1.807, 2.05) is 20.0 Å². The first kappa shape index (κ1) is 28.5. The van der Waals surface area contributed by atoms with Crippen molar-refractivity contribution in [3.05, 3.63) is 84.2 Å². The summed E-state index contributed by atoms with van der Waals surface area (Å²) in [5.74, 6) is 4.34. The molecule has 224 valence electrons. The third kappa shape index (κ3) is 5.68. The summed E-state index contributed by atoms with van der Waals surface area (Å²) >= 11 is 0. The lowest BCUT2D eigenvalue weighted by Crippen LogP contribution is -2.34. The maximum atomic E-state index is 10.5. The molecule has 5 atom stereocenters. The number of pyridine rings is 1. The fourth-order valence-electron chi connectivity index (χ4n) is 8.17. The number of imidazole rings is 1. The molecule has 2 heterocycles. The van der Waals surface area contributed by atoms with Gasteiger partial charge in [0.1, 0.15) is 5.82 Å². The predicted octanol–water partition coefficient (Wildman–Crippen LogP) is 6.92. The van der Waals surface area contributed by atoms with Gasteiger partial charge in [-0.1, -0.05) is 49.4 Å². The minimum atomic E-state index is -1.17. The Kier molecular flexibility index (Phi) is 7.27. The van der Waals surface area contributed by atoms with Crippen LogP contribution in [0.25, 0.3) is 33.6 Å². The second-order valence-corrected chi connectivity index (χ2v) is 14.0. The molecule has 0 amide bonds. The van der Waals surface area contributed by atoms with E-state index in [-0.39, 0.29) is 11.8 Å². The topological polar surface area (TPSA) is 102 Å². The molecule has 43 heavy (non-hydrogen) atoms. The number of hydrogen-bond acceptors (Lipinski definition) is 5. The molecular weight excluding hydrogens is 534 g/mol. The molecule has 2 saturated carbocycles. The minimum Gasteiger partial charge on any atom is -0.390 e. The van der Waals surface area contributed by atoms with Crippen LogP contribution in [0.2, 0.25) is 0 Å². The average molecular weight is 578 g/mol. The average Bonchev–Trinajstić information content (AvgIpc) is 3.54. The summed E-state index contributed by atoms with van der Waals surface area (Å²) in [5, 5.41) is 29.1. The largest absolute Gasteiger partial charge is 0.390 e. The molecule has 0 bridgehead atoms. The van der Waals surface area contributed by atoms with Crippen LogP contribution in [0.15, 0.2) is 73.0 Å². The zero-order valence-electron chi connectivity index (χ0n) is 25.3. The molecule has 2 fully saturated rings. The fraction of sp³-hybridized carbons (Fsp3) is 0.459. The molecule has 0 radical (unpaired) electrons. The van der Waals surface area contributed by atoms with Gasteiger partial charge in [-0.25, -0.2) is 4.98 Å². The summed E-state index contributed by atoms with van der Waals surface area (Å²) in [7, 11) is 0.